The summed E-state index contributed by atoms with van der Waals surface area (Å²) in [4.78, 5) is 11.4. The molecule has 0 aliphatic rings. The van der Waals surface area contributed by atoms with Crippen LogP contribution in [0.1, 0.15) is 25.3 Å². The van der Waals surface area contributed by atoms with Crippen molar-refractivity contribution in [2.75, 3.05) is 6.54 Å². The van der Waals surface area contributed by atoms with E-state index in [1.54, 1.807) is 18.2 Å². The van der Waals surface area contributed by atoms with Crippen LogP contribution in [0.4, 0.5) is 4.39 Å². The zero-order chi connectivity index (χ0) is 12.7. The van der Waals surface area contributed by atoms with Crippen LogP contribution < -0.4 is 11.1 Å². The van der Waals surface area contributed by atoms with Crippen LogP contribution in [0, 0.1) is 5.82 Å². The summed E-state index contributed by atoms with van der Waals surface area (Å²) >= 11 is 0. The van der Waals surface area contributed by atoms with Crippen molar-refractivity contribution in [3.05, 3.63) is 35.6 Å². The number of halogens is 2. The maximum absolute atomic E-state index is 13.2. The Bertz CT molecular complexity index is 372. The molecule has 3 nitrogen and oxygen atoms in total. The van der Waals surface area contributed by atoms with E-state index < -0.39 is 0 Å². The molecule has 0 aliphatic heterocycles. The lowest BCUT2D eigenvalue weighted by Crippen LogP contribution is -2.27. The van der Waals surface area contributed by atoms with Gasteiger partial charge in [0.2, 0.25) is 5.91 Å². The first kappa shape index (κ1) is 16.9. The van der Waals surface area contributed by atoms with Crippen LogP contribution in [-0.2, 0) is 11.2 Å². The summed E-state index contributed by atoms with van der Waals surface area (Å²) in [6, 6.07) is 6.62. The lowest BCUT2D eigenvalue weighted by Gasteiger charge is -2.07. The van der Waals surface area contributed by atoms with Crippen molar-refractivity contribution in [1.82, 2.24) is 5.32 Å². The number of nitrogens with one attached hydrogen (secondary N) is 1. The molecule has 1 amide bonds. The first-order chi connectivity index (χ1) is 8.09. The molecule has 0 saturated heterocycles. The average Bonchev–Trinajstić information content (AvgIpc) is 2.29. The number of benzene rings is 1. The fourth-order valence-electron chi connectivity index (χ4n) is 1.48. The predicted octanol–water partition coefficient (Wildman–Crippen LogP) is 2.03. The fourth-order valence-corrected chi connectivity index (χ4v) is 1.48. The molecule has 0 spiro atoms. The second kappa shape index (κ2) is 8.89. The zero-order valence-electron chi connectivity index (χ0n) is 10.5. The first-order valence-electron chi connectivity index (χ1n) is 5.85. The second-order valence-electron chi connectivity index (χ2n) is 4.21. The third-order valence-electron chi connectivity index (χ3n) is 2.50. The molecule has 18 heavy (non-hydrogen) atoms. The van der Waals surface area contributed by atoms with Crippen molar-refractivity contribution in [2.45, 2.75) is 32.2 Å². The van der Waals surface area contributed by atoms with E-state index in [2.05, 4.69) is 5.32 Å². The number of carbonyl (C=O) groups is 1. The Morgan fingerprint density at radius 2 is 2.11 bits per heavy atom. The van der Waals surface area contributed by atoms with E-state index in [0.717, 1.165) is 0 Å². The quantitative estimate of drug-likeness (QED) is 0.834. The van der Waals surface area contributed by atoms with E-state index >= 15 is 0 Å². The minimum Gasteiger partial charge on any atom is -0.356 e. The van der Waals surface area contributed by atoms with Crippen LogP contribution in [0.25, 0.3) is 0 Å². The number of hydrogen-bond acceptors (Lipinski definition) is 2. The van der Waals surface area contributed by atoms with E-state index in [1.165, 1.54) is 6.07 Å². The Labute approximate surface area is 113 Å². The highest BCUT2D eigenvalue weighted by atomic mass is 35.5. The largest absolute Gasteiger partial charge is 0.356 e. The van der Waals surface area contributed by atoms with Gasteiger partial charge in [0.1, 0.15) is 5.82 Å². The molecule has 1 aromatic rings. The van der Waals surface area contributed by atoms with Gasteiger partial charge < -0.3 is 11.1 Å². The van der Waals surface area contributed by atoms with Gasteiger partial charge in [-0.3, -0.25) is 4.79 Å². The lowest BCUT2D eigenvalue weighted by molar-refractivity contribution is -0.121. The van der Waals surface area contributed by atoms with E-state index in [0.29, 0.717) is 31.4 Å². The molecule has 0 heterocycles. The summed E-state index contributed by atoms with van der Waals surface area (Å²) in [5, 5.41) is 2.75. The highest BCUT2D eigenvalue weighted by molar-refractivity contribution is 5.85. The van der Waals surface area contributed by atoms with Crippen molar-refractivity contribution in [2.24, 2.45) is 5.73 Å². The van der Waals surface area contributed by atoms with E-state index in [-0.39, 0.29) is 30.2 Å². The summed E-state index contributed by atoms with van der Waals surface area (Å²) in [7, 11) is 0. The van der Waals surface area contributed by atoms with Gasteiger partial charge in [0.25, 0.3) is 0 Å². The second-order valence-corrected chi connectivity index (χ2v) is 4.21. The molecule has 5 heteroatoms. The Hall–Kier alpha value is -1.13. The molecule has 0 fully saturated rings. The molecule has 0 bridgehead atoms. The lowest BCUT2D eigenvalue weighted by atomic mass is 10.1. The van der Waals surface area contributed by atoms with Crippen molar-refractivity contribution in [3.63, 3.8) is 0 Å². The van der Waals surface area contributed by atoms with Gasteiger partial charge >= 0.3 is 0 Å². The van der Waals surface area contributed by atoms with Gasteiger partial charge in [0.15, 0.2) is 0 Å². The Kier molecular flexibility index (Phi) is 8.33. The SMILES string of the molecule is CC(N)CCC(=O)NCCc1ccccc1F.Cl. The molecular formula is C13H20ClFN2O. The molecular weight excluding hydrogens is 255 g/mol. The molecule has 0 aromatic heterocycles. The molecule has 1 aromatic carbocycles. The highest BCUT2D eigenvalue weighted by Crippen LogP contribution is 2.06. The molecule has 0 radical (unpaired) electrons. The molecule has 3 N–H and O–H groups in total. The van der Waals surface area contributed by atoms with Gasteiger partial charge in [-0.25, -0.2) is 4.39 Å². The smallest absolute Gasteiger partial charge is 0.220 e. The van der Waals surface area contributed by atoms with Gasteiger partial charge in [-0.15, -0.1) is 12.4 Å². The van der Waals surface area contributed by atoms with Crippen LogP contribution in [0.2, 0.25) is 0 Å². The molecule has 0 aliphatic carbocycles. The monoisotopic (exact) mass is 274 g/mol. The normalized spacial score (nSPS) is 11.5. The molecule has 102 valence electrons. The predicted molar refractivity (Wildman–Crippen MR) is 73.2 cm³/mol. The average molecular weight is 275 g/mol. The van der Waals surface area contributed by atoms with Crippen molar-refractivity contribution in [1.29, 1.82) is 0 Å². The number of rotatable bonds is 6. The van der Waals surface area contributed by atoms with Crippen LogP contribution >= 0.6 is 12.4 Å². The van der Waals surface area contributed by atoms with Gasteiger partial charge in [-0.2, -0.15) is 0 Å². The van der Waals surface area contributed by atoms with Crippen molar-refractivity contribution >= 4 is 18.3 Å². The summed E-state index contributed by atoms with van der Waals surface area (Å²) in [6.45, 7) is 2.32. The fraction of sp³-hybridized carbons (Fsp3) is 0.462. The summed E-state index contributed by atoms with van der Waals surface area (Å²) in [5.41, 5.74) is 6.18. The molecule has 1 atom stereocenters. The minimum atomic E-state index is -0.225. The third kappa shape index (κ3) is 6.57. The maximum Gasteiger partial charge on any atom is 0.220 e. The van der Waals surface area contributed by atoms with Crippen LogP contribution in [0.3, 0.4) is 0 Å². The Balaban J connectivity index is 0.00000289. The standard InChI is InChI=1S/C13H19FN2O.ClH/c1-10(15)6-7-13(17)16-9-8-11-4-2-3-5-12(11)14;/h2-5,10H,6-9,15H2,1H3,(H,16,17);1H. The van der Waals surface area contributed by atoms with Gasteiger partial charge in [0.05, 0.1) is 0 Å². The number of nitrogens with two attached hydrogens (primary N) is 1. The first-order valence-corrected chi connectivity index (χ1v) is 5.85. The van der Waals surface area contributed by atoms with E-state index in [4.69, 9.17) is 5.73 Å². The van der Waals surface area contributed by atoms with Crippen molar-refractivity contribution < 1.29 is 9.18 Å². The number of amides is 1. The van der Waals surface area contributed by atoms with Gasteiger partial charge in [-0.05, 0) is 31.4 Å². The third-order valence-corrected chi connectivity index (χ3v) is 2.50. The molecule has 1 unspecified atom stereocenters. The Morgan fingerprint density at radius 1 is 1.44 bits per heavy atom. The molecule has 0 saturated carbocycles. The minimum absolute atomic E-state index is 0. The van der Waals surface area contributed by atoms with E-state index in [1.807, 2.05) is 6.92 Å². The Morgan fingerprint density at radius 3 is 2.72 bits per heavy atom. The summed E-state index contributed by atoms with van der Waals surface area (Å²) < 4.78 is 13.2. The summed E-state index contributed by atoms with van der Waals surface area (Å²) in [6.07, 6.45) is 1.61. The van der Waals surface area contributed by atoms with Crippen molar-refractivity contribution in [3.8, 4) is 0 Å². The topological polar surface area (TPSA) is 55.1 Å². The van der Waals surface area contributed by atoms with E-state index in [9.17, 15) is 9.18 Å². The number of carbonyl (C=O) groups excluding carboxylic acids is 1. The highest BCUT2D eigenvalue weighted by Gasteiger charge is 2.04. The van der Waals surface area contributed by atoms with Gasteiger partial charge in [0, 0.05) is 19.0 Å². The molecule has 1 rings (SSSR count). The van der Waals surface area contributed by atoms with Crippen LogP contribution in [-0.4, -0.2) is 18.5 Å². The van der Waals surface area contributed by atoms with Crippen LogP contribution in [0.15, 0.2) is 24.3 Å². The van der Waals surface area contributed by atoms with Crippen LogP contribution in [0.5, 0.6) is 0 Å². The number of hydrogen-bond donors (Lipinski definition) is 2. The summed E-state index contributed by atoms with van der Waals surface area (Å²) in [5.74, 6) is -0.254. The zero-order valence-corrected chi connectivity index (χ0v) is 11.3. The maximum atomic E-state index is 13.2. The van der Waals surface area contributed by atoms with Gasteiger partial charge in [-0.1, -0.05) is 18.2 Å².